The van der Waals surface area contributed by atoms with Crippen LogP contribution >= 0.6 is 23.1 Å². The van der Waals surface area contributed by atoms with Crippen molar-refractivity contribution in [3.63, 3.8) is 0 Å². The highest BCUT2D eigenvalue weighted by Crippen LogP contribution is 2.21. The molecule has 0 radical (unpaired) electrons. The lowest BCUT2D eigenvalue weighted by Gasteiger charge is -2.27. The standard InChI is InChI=1S/C11H11ClN4OS/c12-9-3-2-8(6-13-9)7-15-4-1-5-16-10(15)14-11(17)18-16/h2-3,6H,1,4-5,7H2. The molecule has 3 rings (SSSR count). The number of halogens is 1. The predicted octanol–water partition coefficient (Wildman–Crippen LogP) is 1.76. The molecule has 0 bridgehead atoms. The van der Waals surface area contributed by atoms with Crippen LogP contribution in [0.25, 0.3) is 0 Å². The summed E-state index contributed by atoms with van der Waals surface area (Å²) in [6, 6.07) is 3.72. The first kappa shape index (κ1) is 11.7. The van der Waals surface area contributed by atoms with Gasteiger partial charge in [-0.2, -0.15) is 4.98 Å². The number of nitrogens with zero attached hydrogens (tertiary/aromatic N) is 4. The van der Waals surface area contributed by atoms with Crippen LogP contribution in [0, 0.1) is 0 Å². The SMILES string of the molecule is O=c1nc2n(s1)CCCN2Cc1ccc(Cl)nc1. The first-order valence-electron chi connectivity index (χ1n) is 5.66. The molecular weight excluding hydrogens is 272 g/mol. The minimum atomic E-state index is -0.133. The Labute approximate surface area is 113 Å². The minimum Gasteiger partial charge on any atom is -0.337 e. The maximum atomic E-state index is 11.3. The van der Waals surface area contributed by atoms with E-state index in [1.54, 1.807) is 12.3 Å². The van der Waals surface area contributed by atoms with E-state index < -0.39 is 0 Å². The van der Waals surface area contributed by atoms with Gasteiger partial charge in [-0.25, -0.2) is 4.98 Å². The van der Waals surface area contributed by atoms with Gasteiger partial charge >= 0.3 is 4.87 Å². The van der Waals surface area contributed by atoms with Crippen molar-refractivity contribution >= 4 is 29.1 Å². The molecule has 0 amide bonds. The van der Waals surface area contributed by atoms with Gasteiger partial charge in [-0.1, -0.05) is 17.7 Å². The summed E-state index contributed by atoms with van der Waals surface area (Å²) in [5.74, 6) is 0.770. The lowest BCUT2D eigenvalue weighted by atomic mass is 10.2. The number of hydrogen-bond donors (Lipinski definition) is 0. The summed E-state index contributed by atoms with van der Waals surface area (Å²) >= 11 is 6.94. The number of fused-ring (bicyclic) bond motifs is 1. The van der Waals surface area contributed by atoms with E-state index in [4.69, 9.17) is 11.6 Å². The molecule has 7 heteroatoms. The smallest absolute Gasteiger partial charge is 0.337 e. The Morgan fingerprint density at radius 2 is 2.28 bits per heavy atom. The first-order chi connectivity index (χ1) is 8.72. The van der Waals surface area contributed by atoms with Gasteiger partial charge in [0, 0.05) is 37.4 Å². The molecule has 3 heterocycles. The highest BCUT2D eigenvalue weighted by molar-refractivity contribution is 7.03. The van der Waals surface area contributed by atoms with E-state index in [1.807, 2.05) is 10.0 Å². The molecule has 1 aliphatic rings. The molecule has 0 saturated heterocycles. The molecule has 0 fully saturated rings. The van der Waals surface area contributed by atoms with Gasteiger partial charge in [-0.15, -0.1) is 0 Å². The van der Waals surface area contributed by atoms with Crippen molar-refractivity contribution in [2.75, 3.05) is 11.4 Å². The molecule has 2 aromatic heterocycles. The lowest BCUT2D eigenvalue weighted by molar-refractivity contribution is 0.577. The Balaban J connectivity index is 1.85. The zero-order valence-electron chi connectivity index (χ0n) is 9.54. The van der Waals surface area contributed by atoms with Crippen LogP contribution in [0.2, 0.25) is 5.15 Å². The molecule has 2 aromatic rings. The number of aromatic nitrogens is 3. The number of aryl methyl sites for hydroxylation is 1. The molecule has 94 valence electrons. The highest BCUT2D eigenvalue weighted by atomic mass is 35.5. The molecule has 5 nitrogen and oxygen atoms in total. The lowest BCUT2D eigenvalue weighted by Crippen LogP contribution is -2.31. The van der Waals surface area contributed by atoms with Gasteiger partial charge in [0.25, 0.3) is 0 Å². The summed E-state index contributed by atoms with van der Waals surface area (Å²) in [5.41, 5.74) is 1.06. The van der Waals surface area contributed by atoms with Crippen molar-refractivity contribution < 1.29 is 0 Å². The van der Waals surface area contributed by atoms with Gasteiger partial charge in [0.05, 0.1) is 0 Å². The normalized spacial score (nSPS) is 14.6. The van der Waals surface area contributed by atoms with Gasteiger partial charge in [0.2, 0.25) is 5.95 Å². The van der Waals surface area contributed by atoms with Crippen LogP contribution < -0.4 is 9.77 Å². The molecule has 0 N–H and O–H groups in total. The van der Waals surface area contributed by atoms with E-state index in [1.165, 1.54) is 11.5 Å². The topological polar surface area (TPSA) is 51.0 Å². The summed E-state index contributed by atoms with van der Waals surface area (Å²) in [6.07, 6.45) is 2.78. The molecule has 0 spiro atoms. The van der Waals surface area contributed by atoms with E-state index in [2.05, 4.69) is 14.9 Å². The number of pyridine rings is 1. The van der Waals surface area contributed by atoms with Gasteiger partial charge in [-0.05, 0) is 18.1 Å². The van der Waals surface area contributed by atoms with E-state index in [0.29, 0.717) is 11.7 Å². The van der Waals surface area contributed by atoms with Crippen molar-refractivity contribution in [3.05, 3.63) is 38.7 Å². The molecule has 0 unspecified atom stereocenters. The predicted molar refractivity (Wildman–Crippen MR) is 71.3 cm³/mol. The first-order valence-corrected chi connectivity index (χ1v) is 6.81. The van der Waals surface area contributed by atoms with E-state index in [9.17, 15) is 4.79 Å². The Bertz CT molecular complexity index is 606. The maximum absolute atomic E-state index is 11.3. The number of anilines is 1. The van der Waals surface area contributed by atoms with Crippen molar-refractivity contribution in [3.8, 4) is 0 Å². The van der Waals surface area contributed by atoms with Gasteiger partial charge in [0.15, 0.2) is 0 Å². The number of hydrogen-bond acceptors (Lipinski definition) is 5. The molecule has 0 saturated carbocycles. The van der Waals surface area contributed by atoms with E-state index in [-0.39, 0.29) is 4.87 Å². The highest BCUT2D eigenvalue weighted by Gasteiger charge is 2.20. The second-order valence-electron chi connectivity index (χ2n) is 4.14. The van der Waals surface area contributed by atoms with Crippen LogP contribution in [-0.4, -0.2) is 20.5 Å². The second kappa shape index (κ2) is 4.70. The van der Waals surface area contributed by atoms with Crippen molar-refractivity contribution in [2.24, 2.45) is 0 Å². The largest absolute Gasteiger partial charge is 0.345 e. The summed E-state index contributed by atoms with van der Waals surface area (Å²) < 4.78 is 1.95. The van der Waals surface area contributed by atoms with E-state index in [0.717, 1.165) is 31.0 Å². The average Bonchev–Trinajstić information content (AvgIpc) is 2.73. The van der Waals surface area contributed by atoms with E-state index >= 15 is 0 Å². The summed E-state index contributed by atoms with van der Waals surface area (Å²) in [4.78, 5) is 21.4. The quantitative estimate of drug-likeness (QED) is 0.788. The van der Waals surface area contributed by atoms with Crippen LogP contribution in [0.5, 0.6) is 0 Å². The maximum Gasteiger partial charge on any atom is 0.345 e. The van der Waals surface area contributed by atoms with Crippen molar-refractivity contribution in [2.45, 2.75) is 19.5 Å². The zero-order valence-corrected chi connectivity index (χ0v) is 11.1. The van der Waals surface area contributed by atoms with Crippen LogP contribution in [-0.2, 0) is 13.1 Å². The van der Waals surface area contributed by atoms with Crippen LogP contribution in [0.3, 0.4) is 0 Å². The Hall–Kier alpha value is -1.40. The Kier molecular flexibility index (Phi) is 3.05. The second-order valence-corrected chi connectivity index (χ2v) is 5.50. The molecule has 18 heavy (non-hydrogen) atoms. The van der Waals surface area contributed by atoms with Crippen molar-refractivity contribution in [1.29, 1.82) is 0 Å². The van der Waals surface area contributed by atoms with Crippen LogP contribution in [0.1, 0.15) is 12.0 Å². The zero-order chi connectivity index (χ0) is 12.5. The van der Waals surface area contributed by atoms with Crippen LogP contribution in [0.15, 0.2) is 23.1 Å². The summed E-state index contributed by atoms with van der Waals surface area (Å²) in [7, 11) is 0. The molecule has 0 aliphatic carbocycles. The third-order valence-corrected chi connectivity index (χ3v) is 3.87. The Morgan fingerprint density at radius 1 is 1.39 bits per heavy atom. The Morgan fingerprint density at radius 3 is 3.06 bits per heavy atom. The summed E-state index contributed by atoms with van der Waals surface area (Å²) in [5, 5.41) is 0.489. The molecular formula is C11H11ClN4OS. The van der Waals surface area contributed by atoms with Gasteiger partial charge in [0.1, 0.15) is 5.15 Å². The molecule has 0 atom stereocenters. The van der Waals surface area contributed by atoms with Crippen LogP contribution in [0.4, 0.5) is 5.95 Å². The average molecular weight is 283 g/mol. The minimum absolute atomic E-state index is 0.133. The monoisotopic (exact) mass is 282 g/mol. The number of rotatable bonds is 2. The third-order valence-electron chi connectivity index (χ3n) is 2.84. The molecule has 0 aromatic carbocycles. The van der Waals surface area contributed by atoms with Crippen molar-refractivity contribution in [1.82, 2.24) is 13.9 Å². The third kappa shape index (κ3) is 2.26. The van der Waals surface area contributed by atoms with Gasteiger partial charge < -0.3 is 4.90 Å². The fraction of sp³-hybridized carbons (Fsp3) is 0.364. The van der Waals surface area contributed by atoms with Gasteiger partial charge in [-0.3, -0.25) is 8.75 Å². The fourth-order valence-corrected chi connectivity index (χ4v) is 2.92. The fourth-order valence-electron chi connectivity index (χ4n) is 2.04. The summed E-state index contributed by atoms with van der Waals surface area (Å²) in [6.45, 7) is 2.49. The molecule has 1 aliphatic heterocycles.